The highest BCUT2D eigenvalue weighted by Crippen LogP contribution is 2.29. The normalized spacial score (nSPS) is 10.2. The lowest BCUT2D eigenvalue weighted by Gasteiger charge is -2.22. The largest absolute Gasteiger partial charge is 0.492 e. The molecule has 0 bridgehead atoms. The Morgan fingerprint density at radius 3 is 2.52 bits per heavy atom. The summed E-state index contributed by atoms with van der Waals surface area (Å²) >= 11 is 12.0. The molecule has 0 fully saturated rings. The molecular weight excluding hydrogens is 363 g/mol. The van der Waals surface area contributed by atoms with Gasteiger partial charge >= 0.3 is 0 Å². The highest BCUT2D eigenvalue weighted by Gasteiger charge is 2.19. The second-order valence-electron chi connectivity index (χ2n) is 5.18. The molecule has 2 rings (SSSR count). The minimum Gasteiger partial charge on any atom is -0.492 e. The van der Waals surface area contributed by atoms with E-state index in [1.54, 1.807) is 30.3 Å². The van der Waals surface area contributed by atoms with E-state index < -0.39 is 0 Å². The third kappa shape index (κ3) is 5.11. The quantitative estimate of drug-likeness (QED) is 0.808. The van der Waals surface area contributed by atoms with Crippen LogP contribution in [-0.4, -0.2) is 25.0 Å². The van der Waals surface area contributed by atoms with Crippen molar-refractivity contribution in [1.29, 1.82) is 0 Å². The lowest BCUT2D eigenvalue weighted by Crippen LogP contribution is -2.36. The topological polar surface area (TPSA) is 58.6 Å². The monoisotopic (exact) mass is 380 g/mol. The second-order valence-corrected chi connectivity index (χ2v) is 6.02. The number of nitrogens with zero attached hydrogens (tertiary/aromatic N) is 1. The predicted octanol–water partition coefficient (Wildman–Crippen LogP) is 4.38. The highest BCUT2D eigenvalue weighted by molar-refractivity contribution is 6.36. The van der Waals surface area contributed by atoms with Crippen molar-refractivity contribution in [2.45, 2.75) is 13.8 Å². The third-order valence-corrected chi connectivity index (χ3v) is 3.88. The SMILES string of the molecule is CCOc1ccccc1NC(=O)CN(C(C)=O)c1ccc(Cl)cc1Cl. The van der Waals surface area contributed by atoms with Crippen molar-refractivity contribution in [2.75, 3.05) is 23.4 Å². The number of hydrogen-bond acceptors (Lipinski definition) is 3. The van der Waals surface area contributed by atoms with E-state index in [0.29, 0.717) is 33.8 Å². The molecule has 0 aromatic heterocycles. The molecule has 0 aliphatic heterocycles. The minimum atomic E-state index is -0.367. The maximum atomic E-state index is 12.4. The zero-order chi connectivity index (χ0) is 18.4. The van der Waals surface area contributed by atoms with E-state index in [4.69, 9.17) is 27.9 Å². The van der Waals surface area contributed by atoms with Crippen LogP contribution in [0, 0.1) is 0 Å². The van der Waals surface area contributed by atoms with Crippen molar-refractivity contribution >= 4 is 46.4 Å². The number of rotatable bonds is 6. The first-order valence-corrected chi connectivity index (χ1v) is 8.42. The number of amides is 2. The second kappa shape index (κ2) is 8.74. The van der Waals surface area contributed by atoms with Crippen LogP contribution >= 0.6 is 23.2 Å². The Morgan fingerprint density at radius 2 is 1.88 bits per heavy atom. The van der Waals surface area contributed by atoms with Gasteiger partial charge in [-0.2, -0.15) is 0 Å². The molecule has 2 amide bonds. The van der Waals surface area contributed by atoms with Crippen LogP contribution in [0.2, 0.25) is 10.0 Å². The Bertz CT molecular complexity index is 781. The molecule has 0 radical (unpaired) electrons. The maximum absolute atomic E-state index is 12.4. The smallest absolute Gasteiger partial charge is 0.244 e. The van der Waals surface area contributed by atoms with Gasteiger partial charge in [0.25, 0.3) is 0 Å². The van der Waals surface area contributed by atoms with Crippen molar-refractivity contribution in [3.63, 3.8) is 0 Å². The van der Waals surface area contributed by atoms with Crippen molar-refractivity contribution in [2.24, 2.45) is 0 Å². The first-order valence-electron chi connectivity index (χ1n) is 7.67. The van der Waals surface area contributed by atoms with Gasteiger partial charge in [0.05, 0.1) is 23.0 Å². The van der Waals surface area contributed by atoms with Crippen molar-refractivity contribution in [3.05, 3.63) is 52.5 Å². The van der Waals surface area contributed by atoms with Gasteiger partial charge in [0.1, 0.15) is 12.3 Å². The molecule has 7 heteroatoms. The van der Waals surface area contributed by atoms with Crippen LogP contribution in [0.25, 0.3) is 0 Å². The molecule has 0 aliphatic rings. The Kier molecular flexibility index (Phi) is 6.67. The summed E-state index contributed by atoms with van der Waals surface area (Å²) in [6.07, 6.45) is 0. The number of carbonyl (C=O) groups is 2. The van der Waals surface area contributed by atoms with Gasteiger partial charge in [-0.25, -0.2) is 0 Å². The summed E-state index contributed by atoms with van der Waals surface area (Å²) < 4.78 is 5.48. The minimum absolute atomic E-state index is 0.183. The first kappa shape index (κ1) is 19.1. The molecular formula is C18H18Cl2N2O3. The van der Waals surface area contributed by atoms with Crippen LogP contribution in [0.5, 0.6) is 5.75 Å². The zero-order valence-electron chi connectivity index (χ0n) is 13.9. The Balaban J connectivity index is 2.17. The van der Waals surface area contributed by atoms with Crippen LogP contribution in [0.3, 0.4) is 0 Å². The molecule has 0 saturated carbocycles. The van der Waals surface area contributed by atoms with Crippen LogP contribution in [-0.2, 0) is 9.59 Å². The molecule has 0 heterocycles. The van der Waals surface area contributed by atoms with E-state index in [1.807, 2.05) is 13.0 Å². The van der Waals surface area contributed by atoms with E-state index in [2.05, 4.69) is 5.32 Å². The number of anilines is 2. The van der Waals surface area contributed by atoms with Gasteiger partial charge in [-0.15, -0.1) is 0 Å². The molecule has 2 aromatic rings. The number of benzene rings is 2. The number of carbonyl (C=O) groups excluding carboxylic acids is 2. The Hall–Kier alpha value is -2.24. The van der Waals surface area contributed by atoms with Gasteiger partial charge in [-0.05, 0) is 37.3 Å². The van der Waals surface area contributed by atoms with E-state index in [9.17, 15) is 9.59 Å². The first-order chi connectivity index (χ1) is 11.9. The van der Waals surface area contributed by atoms with Gasteiger partial charge in [-0.3, -0.25) is 9.59 Å². The van der Waals surface area contributed by atoms with E-state index in [0.717, 1.165) is 0 Å². The van der Waals surface area contributed by atoms with E-state index in [-0.39, 0.29) is 18.4 Å². The van der Waals surface area contributed by atoms with Gasteiger partial charge in [0.2, 0.25) is 11.8 Å². The molecule has 5 nitrogen and oxygen atoms in total. The summed E-state index contributed by atoms with van der Waals surface area (Å²) in [5.74, 6) is -0.108. The van der Waals surface area contributed by atoms with Gasteiger partial charge < -0.3 is 15.0 Å². The van der Waals surface area contributed by atoms with Crippen molar-refractivity contribution in [3.8, 4) is 5.75 Å². The highest BCUT2D eigenvalue weighted by atomic mass is 35.5. The van der Waals surface area contributed by atoms with Gasteiger partial charge in [-0.1, -0.05) is 35.3 Å². The van der Waals surface area contributed by atoms with Crippen molar-refractivity contribution < 1.29 is 14.3 Å². The number of ether oxygens (including phenoxy) is 1. The average molecular weight is 381 g/mol. The number of nitrogens with one attached hydrogen (secondary N) is 1. The summed E-state index contributed by atoms with van der Waals surface area (Å²) in [6, 6.07) is 11.8. The van der Waals surface area contributed by atoms with Crippen LogP contribution < -0.4 is 15.0 Å². The fourth-order valence-electron chi connectivity index (χ4n) is 2.25. The third-order valence-electron chi connectivity index (χ3n) is 3.34. The summed E-state index contributed by atoms with van der Waals surface area (Å²) in [7, 11) is 0. The van der Waals surface area contributed by atoms with E-state index >= 15 is 0 Å². The fourth-order valence-corrected chi connectivity index (χ4v) is 2.76. The molecule has 0 aliphatic carbocycles. The number of halogens is 2. The fraction of sp³-hybridized carbons (Fsp3) is 0.222. The molecule has 0 unspecified atom stereocenters. The van der Waals surface area contributed by atoms with Crippen molar-refractivity contribution in [1.82, 2.24) is 0 Å². The summed E-state index contributed by atoms with van der Waals surface area (Å²) in [5, 5.41) is 3.50. The molecule has 2 aromatic carbocycles. The molecule has 132 valence electrons. The van der Waals surface area contributed by atoms with Gasteiger partial charge in [0.15, 0.2) is 0 Å². The summed E-state index contributed by atoms with van der Waals surface area (Å²) in [4.78, 5) is 25.7. The van der Waals surface area contributed by atoms with E-state index in [1.165, 1.54) is 17.9 Å². The Labute approximate surface area is 156 Å². The van der Waals surface area contributed by atoms with Crippen LogP contribution in [0.1, 0.15) is 13.8 Å². The summed E-state index contributed by atoms with van der Waals surface area (Å²) in [5.41, 5.74) is 0.965. The summed E-state index contributed by atoms with van der Waals surface area (Å²) in [6.45, 7) is 3.52. The molecule has 0 saturated heterocycles. The lowest BCUT2D eigenvalue weighted by atomic mass is 10.2. The van der Waals surface area contributed by atoms with Crippen LogP contribution in [0.15, 0.2) is 42.5 Å². The number of para-hydroxylation sites is 2. The van der Waals surface area contributed by atoms with Gasteiger partial charge in [0, 0.05) is 11.9 Å². The molecule has 0 atom stereocenters. The van der Waals surface area contributed by atoms with Crippen LogP contribution in [0.4, 0.5) is 11.4 Å². The molecule has 1 N–H and O–H groups in total. The maximum Gasteiger partial charge on any atom is 0.244 e. The number of hydrogen-bond donors (Lipinski definition) is 1. The predicted molar refractivity (Wildman–Crippen MR) is 101 cm³/mol. The zero-order valence-corrected chi connectivity index (χ0v) is 15.4. The Morgan fingerprint density at radius 1 is 1.16 bits per heavy atom. The standard InChI is InChI=1S/C18H18Cl2N2O3/c1-3-25-17-7-5-4-6-15(17)21-18(24)11-22(12(2)23)16-9-8-13(19)10-14(16)20/h4-10H,3,11H2,1-2H3,(H,21,24). The average Bonchev–Trinajstić information content (AvgIpc) is 2.55. The molecule has 25 heavy (non-hydrogen) atoms. The molecule has 0 spiro atoms. The lowest BCUT2D eigenvalue weighted by molar-refractivity contribution is -0.120.